The van der Waals surface area contributed by atoms with Gasteiger partial charge in [-0.15, -0.1) is 0 Å². The average Bonchev–Trinajstić information content (AvgIpc) is 2.13. The smallest absolute Gasteiger partial charge is 0.186 e. The Kier molecular flexibility index (Phi) is 3.02. The lowest BCUT2D eigenvalue weighted by Gasteiger charge is -2.26. The van der Waals surface area contributed by atoms with Gasteiger partial charge in [0.05, 0.1) is 29.7 Å². The number of halogens is 1. The summed E-state index contributed by atoms with van der Waals surface area (Å²) in [5.41, 5.74) is 0.427. The number of hydrogen-bond acceptors (Lipinski definition) is 4. The molecule has 0 atom stereocenters. The largest absolute Gasteiger partial charge is 0.379 e. The molecule has 84 valence electrons. The quantitative estimate of drug-likeness (QED) is 0.830. The van der Waals surface area contributed by atoms with Crippen LogP contribution in [0, 0.1) is 11.3 Å². The first-order valence-corrected chi connectivity index (χ1v) is 6.91. The molecule has 1 aromatic carbocycles. The molecule has 1 heterocycles. The molecule has 1 aliphatic heterocycles. The van der Waals surface area contributed by atoms with Crippen LogP contribution in [-0.2, 0) is 14.6 Å². The van der Waals surface area contributed by atoms with Crippen molar-refractivity contribution >= 4 is 25.8 Å². The van der Waals surface area contributed by atoms with Gasteiger partial charge >= 0.3 is 0 Å². The molecule has 0 aliphatic carbocycles. The fourth-order valence-corrected chi connectivity index (χ4v) is 3.93. The lowest BCUT2D eigenvalue weighted by molar-refractivity contribution is 0.0416. The van der Waals surface area contributed by atoms with Crippen molar-refractivity contribution < 1.29 is 13.2 Å². The van der Waals surface area contributed by atoms with Crippen LogP contribution in [-0.4, -0.2) is 26.9 Å². The number of nitriles is 1. The SMILES string of the molecule is N#Cc1ccc(S(=O)(=O)C2COC2)c(Br)c1. The predicted octanol–water partition coefficient (Wildman–Crippen LogP) is 1.49. The number of ether oxygens (including phenoxy) is 1. The minimum Gasteiger partial charge on any atom is -0.379 e. The number of benzene rings is 1. The highest BCUT2D eigenvalue weighted by molar-refractivity contribution is 9.10. The minimum atomic E-state index is -3.34. The van der Waals surface area contributed by atoms with Gasteiger partial charge < -0.3 is 4.74 Å². The van der Waals surface area contributed by atoms with Gasteiger partial charge in [0.1, 0.15) is 5.25 Å². The van der Waals surface area contributed by atoms with Crippen molar-refractivity contribution in [3.05, 3.63) is 28.2 Å². The molecule has 0 aromatic heterocycles. The zero-order valence-electron chi connectivity index (χ0n) is 8.18. The van der Waals surface area contributed by atoms with Gasteiger partial charge in [0, 0.05) is 4.47 Å². The Balaban J connectivity index is 2.45. The average molecular weight is 302 g/mol. The Bertz CT molecular complexity index is 558. The van der Waals surface area contributed by atoms with Gasteiger partial charge in [-0.05, 0) is 34.1 Å². The summed E-state index contributed by atoms with van der Waals surface area (Å²) in [6, 6.07) is 6.41. The number of sulfone groups is 1. The second-order valence-electron chi connectivity index (χ2n) is 3.46. The van der Waals surface area contributed by atoms with E-state index in [2.05, 4.69) is 15.9 Å². The maximum atomic E-state index is 12.0. The van der Waals surface area contributed by atoms with Crippen LogP contribution >= 0.6 is 15.9 Å². The highest BCUT2D eigenvalue weighted by Gasteiger charge is 2.35. The molecule has 16 heavy (non-hydrogen) atoms. The van der Waals surface area contributed by atoms with Gasteiger partial charge in [0.2, 0.25) is 0 Å². The van der Waals surface area contributed by atoms with E-state index in [-0.39, 0.29) is 18.1 Å². The molecule has 0 N–H and O–H groups in total. The van der Waals surface area contributed by atoms with E-state index in [4.69, 9.17) is 10.00 Å². The molecule has 0 unspecified atom stereocenters. The third kappa shape index (κ3) is 1.86. The van der Waals surface area contributed by atoms with Crippen molar-refractivity contribution in [2.45, 2.75) is 10.1 Å². The molecule has 1 aromatic rings. The standard InChI is InChI=1S/C10H8BrNO3S/c11-9-3-7(4-12)1-2-10(9)16(13,14)8-5-15-6-8/h1-3,8H,5-6H2. The molecule has 1 aliphatic rings. The van der Waals surface area contributed by atoms with Crippen LogP contribution in [0.2, 0.25) is 0 Å². The first-order chi connectivity index (χ1) is 7.55. The van der Waals surface area contributed by atoms with Crippen LogP contribution < -0.4 is 0 Å². The summed E-state index contributed by atoms with van der Waals surface area (Å²) < 4.78 is 29.4. The van der Waals surface area contributed by atoms with E-state index in [1.165, 1.54) is 18.2 Å². The molecule has 2 rings (SSSR count). The van der Waals surface area contributed by atoms with Crippen LogP contribution in [0.5, 0.6) is 0 Å². The molecular formula is C10H8BrNO3S. The maximum absolute atomic E-state index is 12.0. The third-order valence-electron chi connectivity index (χ3n) is 2.41. The van der Waals surface area contributed by atoms with E-state index in [0.717, 1.165) is 0 Å². The van der Waals surface area contributed by atoms with E-state index in [9.17, 15) is 8.42 Å². The zero-order valence-corrected chi connectivity index (χ0v) is 10.6. The van der Waals surface area contributed by atoms with Crippen molar-refractivity contribution in [3.8, 4) is 6.07 Å². The Labute approximate surface area is 102 Å². The summed E-state index contributed by atoms with van der Waals surface area (Å²) in [5, 5.41) is 8.22. The summed E-state index contributed by atoms with van der Waals surface area (Å²) in [6.45, 7) is 0.490. The topological polar surface area (TPSA) is 67.2 Å². The highest BCUT2D eigenvalue weighted by atomic mass is 79.9. The molecule has 6 heteroatoms. The second-order valence-corrected chi connectivity index (χ2v) is 6.51. The zero-order chi connectivity index (χ0) is 11.8. The summed E-state index contributed by atoms with van der Waals surface area (Å²) >= 11 is 3.17. The van der Waals surface area contributed by atoms with Gasteiger partial charge in [-0.3, -0.25) is 0 Å². The molecule has 0 amide bonds. The minimum absolute atomic E-state index is 0.222. The molecule has 0 radical (unpaired) electrons. The van der Waals surface area contributed by atoms with Crippen molar-refractivity contribution in [3.63, 3.8) is 0 Å². The van der Waals surface area contributed by atoms with Gasteiger partial charge in [-0.25, -0.2) is 8.42 Å². The molecule has 0 spiro atoms. The highest BCUT2D eigenvalue weighted by Crippen LogP contribution is 2.28. The van der Waals surface area contributed by atoms with Gasteiger partial charge in [0.15, 0.2) is 9.84 Å². The van der Waals surface area contributed by atoms with Gasteiger partial charge in [0.25, 0.3) is 0 Å². The Hall–Kier alpha value is -0.900. The number of nitrogens with zero attached hydrogens (tertiary/aromatic N) is 1. The van der Waals surface area contributed by atoms with E-state index >= 15 is 0 Å². The first kappa shape index (κ1) is 11.6. The number of hydrogen-bond donors (Lipinski definition) is 0. The molecule has 4 nitrogen and oxygen atoms in total. The van der Waals surface area contributed by atoms with Crippen LogP contribution in [0.4, 0.5) is 0 Å². The van der Waals surface area contributed by atoms with Crippen LogP contribution in [0.1, 0.15) is 5.56 Å². The first-order valence-electron chi connectivity index (χ1n) is 4.57. The monoisotopic (exact) mass is 301 g/mol. The van der Waals surface area contributed by atoms with Crippen LogP contribution in [0.25, 0.3) is 0 Å². The fraction of sp³-hybridized carbons (Fsp3) is 0.300. The normalized spacial score (nSPS) is 16.5. The maximum Gasteiger partial charge on any atom is 0.186 e. The Morgan fingerprint density at radius 3 is 2.56 bits per heavy atom. The van der Waals surface area contributed by atoms with Crippen LogP contribution in [0.15, 0.2) is 27.6 Å². The second kappa shape index (κ2) is 4.17. The summed E-state index contributed by atoms with van der Waals surface area (Å²) in [5.74, 6) is 0. The fourth-order valence-electron chi connectivity index (χ4n) is 1.37. The van der Waals surface area contributed by atoms with Crippen molar-refractivity contribution in [2.75, 3.05) is 13.2 Å². The molecule has 1 fully saturated rings. The third-order valence-corrected chi connectivity index (χ3v) is 5.45. The molecular weight excluding hydrogens is 294 g/mol. The van der Waals surface area contributed by atoms with Crippen molar-refractivity contribution in [1.82, 2.24) is 0 Å². The van der Waals surface area contributed by atoms with Gasteiger partial charge in [-0.1, -0.05) is 0 Å². The van der Waals surface area contributed by atoms with Gasteiger partial charge in [-0.2, -0.15) is 5.26 Å². The molecule has 0 bridgehead atoms. The lowest BCUT2D eigenvalue weighted by atomic mass is 10.2. The van der Waals surface area contributed by atoms with E-state index in [1.54, 1.807) is 0 Å². The Morgan fingerprint density at radius 2 is 2.12 bits per heavy atom. The lowest BCUT2D eigenvalue weighted by Crippen LogP contribution is -2.40. The molecule has 1 saturated heterocycles. The summed E-state index contributed by atoms with van der Waals surface area (Å²) in [6.07, 6.45) is 0. The van der Waals surface area contributed by atoms with Crippen molar-refractivity contribution in [2.24, 2.45) is 0 Å². The van der Waals surface area contributed by atoms with E-state index in [1.807, 2.05) is 6.07 Å². The van der Waals surface area contributed by atoms with E-state index in [0.29, 0.717) is 10.0 Å². The summed E-state index contributed by atoms with van der Waals surface area (Å²) in [4.78, 5) is 0.222. The van der Waals surface area contributed by atoms with Crippen LogP contribution in [0.3, 0.4) is 0 Å². The Morgan fingerprint density at radius 1 is 1.44 bits per heavy atom. The number of rotatable bonds is 2. The van der Waals surface area contributed by atoms with E-state index < -0.39 is 15.1 Å². The predicted molar refractivity (Wildman–Crippen MR) is 60.6 cm³/mol. The molecule has 0 saturated carbocycles. The summed E-state index contributed by atoms with van der Waals surface area (Å²) in [7, 11) is -3.34. The van der Waals surface area contributed by atoms with Crippen molar-refractivity contribution in [1.29, 1.82) is 5.26 Å².